The fourth-order valence-electron chi connectivity index (χ4n) is 3.31. The number of halogens is 1. The van der Waals surface area contributed by atoms with E-state index in [0.29, 0.717) is 32.6 Å². The summed E-state index contributed by atoms with van der Waals surface area (Å²) >= 11 is 0. The van der Waals surface area contributed by atoms with Crippen molar-refractivity contribution in [2.24, 2.45) is 0 Å². The largest absolute Gasteiger partial charge is 0.361 e. The van der Waals surface area contributed by atoms with E-state index >= 15 is 0 Å². The highest BCUT2D eigenvalue weighted by Gasteiger charge is 2.33. The molecule has 2 heterocycles. The van der Waals surface area contributed by atoms with Crippen LogP contribution in [0.2, 0.25) is 0 Å². The highest BCUT2D eigenvalue weighted by molar-refractivity contribution is 5.73. The van der Waals surface area contributed by atoms with Gasteiger partial charge < -0.3 is 15.2 Å². The number of carbonyl (C=O) groups excluding carboxylic acids is 1. The van der Waals surface area contributed by atoms with Gasteiger partial charge in [0.05, 0.1) is 5.69 Å². The van der Waals surface area contributed by atoms with Crippen LogP contribution in [0.3, 0.4) is 0 Å². The van der Waals surface area contributed by atoms with Gasteiger partial charge >= 0.3 is 6.03 Å². The molecule has 6 nitrogen and oxygen atoms in total. The average Bonchev–Trinajstić information content (AvgIpc) is 3.15. The SMILES string of the molecule is Cc1noc(C)c1CN1C[C@@H](F)C[C@H]1CNC(=O)NCc1ccccc1. The molecule has 1 aliphatic rings. The van der Waals surface area contributed by atoms with E-state index in [1.54, 1.807) is 0 Å². The van der Waals surface area contributed by atoms with E-state index < -0.39 is 6.17 Å². The number of benzene rings is 1. The van der Waals surface area contributed by atoms with Gasteiger partial charge in [-0.15, -0.1) is 0 Å². The van der Waals surface area contributed by atoms with Crippen molar-refractivity contribution in [1.29, 1.82) is 0 Å². The van der Waals surface area contributed by atoms with Gasteiger partial charge in [-0.2, -0.15) is 0 Å². The number of nitrogens with zero attached hydrogens (tertiary/aromatic N) is 2. The average molecular weight is 360 g/mol. The second kappa shape index (κ2) is 8.31. The predicted octanol–water partition coefficient (Wildman–Crippen LogP) is 2.70. The van der Waals surface area contributed by atoms with E-state index in [-0.39, 0.29) is 12.1 Å². The number of carbonyl (C=O) groups is 1. The molecule has 140 valence electrons. The van der Waals surface area contributed by atoms with E-state index in [9.17, 15) is 9.18 Å². The number of likely N-dealkylation sites (tertiary alicyclic amines) is 1. The van der Waals surface area contributed by atoms with Crippen molar-refractivity contribution in [1.82, 2.24) is 20.7 Å². The molecule has 2 aromatic rings. The van der Waals surface area contributed by atoms with Crippen LogP contribution < -0.4 is 10.6 Å². The Morgan fingerprint density at radius 2 is 2.08 bits per heavy atom. The van der Waals surface area contributed by atoms with Crippen LogP contribution in [0.15, 0.2) is 34.9 Å². The van der Waals surface area contributed by atoms with Gasteiger partial charge in [0.1, 0.15) is 11.9 Å². The van der Waals surface area contributed by atoms with Crippen LogP contribution in [0, 0.1) is 13.8 Å². The van der Waals surface area contributed by atoms with Crippen molar-refractivity contribution < 1.29 is 13.7 Å². The van der Waals surface area contributed by atoms with Crippen molar-refractivity contribution in [3.05, 3.63) is 52.9 Å². The third-order valence-electron chi connectivity index (χ3n) is 4.81. The lowest BCUT2D eigenvalue weighted by Crippen LogP contribution is -2.43. The molecular formula is C19H25FN4O2. The van der Waals surface area contributed by atoms with Gasteiger partial charge in [-0.05, 0) is 25.8 Å². The minimum Gasteiger partial charge on any atom is -0.361 e. The molecule has 0 radical (unpaired) electrons. The molecule has 1 aromatic heterocycles. The van der Waals surface area contributed by atoms with Crippen LogP contribution in [0.5, 0.6) is 0 Å². The van der Waals surface area contributed by atoms with Gasteiger partial charge in [0.25, 0.3) is 0 Å². The molecule has 0 bridgehead atoms. The van der Waals surface area contributed by atoms with Gasteiger partial charge in [0, 0.05) is 37.8 Å². The number of amides is 2. The van der Waals surface area contributed by atoms with E-state index in [2.05, 4.69) is 20.7 Å². The number of alkyl halides is 1. The Morgan fingerprint density at radius 1 is 1.31 bits per heavy atom. The molecule has 0 spiro atoms. The first-order chi connectivity index (χ1) is 12.5. The van der Waals surface area contributed by atoms with E-state index in [1.165, 1.54) is 0 Å². The lowest BCUT2D eigenvalue weighted by Gasteiger charge is -2.24. The molecule has 2 amide bonds. The summed E-state index contributed by atoms with van der Waals surface area (Å²) in [7, 11) is 0. The van der Waals surface area contributed by atoms with Gasteiger partial charge in [0.15, 0.2) is 0 Å². The summed E-state index contributed by atoms with van der Waals surface area (Å²) in [5.74, 6) is 0.761. The van der Waals surface area contributed by atoms with Gasteiger partial charge in [-0.1, -0.05) is 35.5 Å². The minimum atomic E-state index is -0.880. The van der Waals surface area contributed by atoms with Crippen molar-refractivity contribution >= 4 is 6.03 Å². The maximum Gasteiger partial charge on any atom is 0.315 e. The topological polar surface area (TPSA) is 70.4 Å². The number of aryl methyl sites for hydroxylation is 2. The molecule has 3 rings (SSSR count). The van der Waals surface area contributed by atoms with Gasteiger partial charge in [-0.25, -0.2) is 9.18 Å². The zero-order valence-corrected chi connectivity index (χ0v) is 15.2. The van der Waals surface area contributed by atoms with Crippen LogP contribution in [0.1, 0.15) is 29.0 Å². The third-order valence-corrected chi connectivity index (χ3v) is 4.81. The molecule has 0 saturated carbocycles. The summed E-state index contributed by atoms with van der Waals surface area (Å²) in [6, 6.07) is 9.43. The summed E-state index contributed by atoms with van der Waals surface area (Å²) in [6.45, 7) is 5.57. The first kappa shape index (κ1) is 18.4. The molecule has 26 heavy (non-hydrogen) atoms. The molecule has 0 unspecified atom stereocenters. The Hall–Kier alpha value is -2.41. The summed E-state index contributed by atoms with van der Waals surface area (Å²) < 4.78 is 19.1. The Morgan fingerprint density at radius 3 is 2.77 bits per heavy atom. The monoisotopic (exact) mass is 360 g/mol. The number of aromatic nitrogens is 1. The molecule has 2 atom stereocenters. The summed E-state index contributed by atoms with van der Waals surface area (Å²) in [5.41, 5.74) is 2.86. The molecule has 1 aliphatic heterocycles. The maximum atomic E-state index is 13.9. The number of nitrogens with one attached hydrogen (secondary N) is 2. The van der Waals surface area contributed by atoms with Crippen LogP contribution in [-0.4, -0.2) is 41.4 Å². The zero-order valence-electron chi connectivity index (χ0n) is 15.2. The number of hydrogen-bond acceptors (Lipinski definition) is 4. The second-order valence-corrected chi connectivity index (χ2v) is 6.77. The minimum absolute atomic E-state index is 0.0406. The summed E-state index contributed by atoms with van der Waals surface area (Å²) in [4.78, 5) is 14.1. The molecule has 1 saturated heterocycles. The summed E-state index contributed by atoms with van der Waals surface area (Å²) in [6.07, 6.45) is -0.461. The Bertz CT molecular complexity index is 715. The summed E-state index contributed by atoms with van der Waals surface area (Å²) in [5, 5.41) is 9.64. The van der Waals surface area contributed by atoms with Crippen molar-refractivity contribution in [2.45, 2.75) is 45.6 Å². The Kier molecular flexibility index (Phi) is 5.88. The van der Waals surface area contributed by atoms with Crippen molar-refractivity contribution in [3.8, 4) is 0 Å². The van der Waals surface area contributed by atoms with Crippen LogP contribution in [0.4, 0.5) is 9.18 Å². The first-order valence-corrected chi connectivity index (χ1v) is 8.88. The molecular weight excluding hydrogens is 335 g/mol. The lowest BCUT2D eigenvalue weighted by molar-refractivity contribution is 0.218. The number of urea groups is 1. The molecule has 0 aliphatic carbocycles. The first-order valence-electron chi connectivity index (χ1n) is 8.88. The van der Waals surface area contributed by atoms with Crippen molar-refractivity contribution in [2.75, 3.05) is 13.1 Å². The predicted molar refractivity (Wildman–Crippen MR) is 96.4 cm³/mol. The standard InChI is InChI=1S/C19H25FN4O2/c1-13-18(14(2)26-23-13)12-24-11-16(20)8-17(24)10-22-19(25)21-9-15-6-4-3-5-7-15/h3-7,16-17H,8-12H2,1-2H3,(H2,21,22,25)/t16-,17-/m0/s1. The Balaban J connectivity index is 1.50. The van der Waals surface area contributed by atoms with Gasteiger partial charge in [0.2, 0.25) is 0 Å². The molecule has 2 N–H and O–H groups in total. The van der Waals surface area contributed by atoms with Gasteiger partial charge in [-0.3, -0.25) is 4.90 Å². The molecule has 7 heteroatoms. The fraction of sp³-hybridized carbons (Fsp3) is 0.474. The fourth-order valence-corrected chi connectivity index (χ4v) is 3.31. The normalized spacial score (nSPS) is 20.3. The number of rotatable bonds is 6. The zero-order chi connectivity index (χ0) is 18.5. The van der Waals surface area contributed by atoms with Crippen molar-refractivity contribution in [3.63, 3.8) is 0 Å². The van der Waals surface area contributed by atoms with Crippen LogP contribution in [0.25, 0.3) is 0 Å². The molecule has 1 fully saturated rings. The maximum absolute atomic E-state index is 13.9. The number of hydrogen-bond donors (Lipinski definition) is 2. The van der Waals surface area contributed by atoms with E-state index in [4.69, 9.17) is 4.52 Å². The second-order valence-electron chi connectivity index (χ2n) is 6.77. The van der Waals surface area contributed by atoms with Crippen LogP contribution in [-0.2, 0) is 13.1 Å². The van der Waals surface area contributed by atoms with Crippen LogP contribution >= 0.6 is 0 Å². The quantitative estimate of drug-likeness (QED) is 0.831. The highest BCUT2D eigenvalue weighted by atomic mass is 19.1. The lowest BCUT2D eigenvalue weighted by atomic mass is 10.1. The third kappa shape index (κ3) is 4.60. The van der Waals surface area contributed by atoms with E-state index in [1.807, 2.05) is 44.2 Å². The molecule has 1 aromatic carbocycles. The van der Waals surface area contributed by atoms with E-state index in [0.717, 1.165) is 22.6 Å². The highest BCUT2D eigenvalue weighted by Crippen LogP contribution is 2.24. The Labute approximate surface area is 152 Å². The smallest absolute Gasteiger partial charge is 0.315 e.